The molecule has 120 valence electrons. The number of nitrogens with zero attached hydrogens (tertiary/aromatic N) is 1. The maximum absolute atomic E-state index is 12.9. The van der Waals surface area contributed by atoms with Crippen molar-refractivity contribution in [3.8, 4) is 5.75 Å². The number of nitro benzene ring substituents is 1. The van der Waals surface area contributed by atoms with Crippen LogP contribution in [-0.4, -0.2) is 18.0 Å². The molecule has 1 atom stereocenters. The Kier molecular flexibility index (Phi) is 4.90. The van der Waals surface area contributed by atoms with Gasteiger partial charge >= 0.3 is 11.7 Å². The first kappa shape index (κ1) is 16.4. The predicted molar refractivity (Wildman–Crippen MR) is 79.9 cm³/mol. The van der Waals surface area contributed by atoms with Crippen LogP contribution >= 0.6 is 0 Å². The maximum Gasteiger partial charge on any atom is 0.338 e. The Morgan fingerprint density at radius 1 is 1.22 bits per heavy atom. The molecule has 0 aromatic heterocycles. The van der Waals surface area contributed by atoms with Gasteiger partial charge in [-0.15, -0.1) is 0 Å². The van der Waals surface area contributed by atoms with E-state index < -0.39 is 22.8 Å². The molecule has 0 fully saturated rings. The van der Waals surface area contributed by atoms with Crippen LogP contribution in [0.4, 0.5) is 10.1 Å². The van der Waals surface area contributed by atoms with Gasteiger partial charge < -0.3 is 9.47 Å². The third kappa shape index (κ3) is 3.82. The number of hydrogen-bond donors (Lipinski definition) is 0. The van der Waals surface area contributed by atoms with Gasteiger partial charge in [0, 0.05) is 6.07 Å². The van der Waals surface area contributed by atoms with Gasteiger partial charge in [0.2, 0.25) is 0 Å². The summed E-state index contributed by atoms with van der Waals surface area (Å²) in [7, 11) is 1.30. The molecule has 23 heavy (non-hydrogen) atoms. The summed E-state index contributed by atoms with van der Waals surface area (Å²) in [6.07, 6.45) is -0.621. The van der Waals surface area contributed by atoms with Gasteiger partial charge in [-0.3, -0.25) is 10.1 Å². The summed E-state index contributed by atoms with van der Waals surface area (Å²) in [6.45, 7) is 1.63. The number of carbonyl (C=O) groups excluding carboxylic acids is 1. The van der Waals surface area contributed by atoms with Gasteiger partial charge in [-0.2, -0.15) is 0 Å². The molecule has 0 saturated carbocycles. The molecule has 0 aliphatic heterocycles. The normalized spacial score (nSPS) is 11.6. The van der Waals surface area contributed by atoms with Crippen molar-refractivity contribution in [2.75, 3.05) is 7.11 Å². The number of hydrogen-bond acceptors (Lipinski definition) is 5. The topological polar surface area (TPSA) is 78.7 Å². The molecule has 2 rings (SSSR count). The summed E-state index contributed by atoms with van der Waals surface area (Å²) in [5.74, 6) is -1.05. The molecule has 2 aromatic rings. The second-order valence-electron chi connectivity index (χ2n) is 4.74. The average molecular weight is 319 g/mol. The highest BCUT2D eigenvalue weighted by Crippen LogP contribution is 2.28. The van der Waals surface area contributed by atoms with Gasteiger partial charge in [-0.05, 0) is 36.8 Å². The van der Waals surface area contributed by atoms with E-state index in [-0.39, 0.29) is 17.0 Å². The SMILES string of the molecule is COc1ccc(C(=O)OC(C)c2ccc(F)cc2)cc1[N+](=O)[O-]. The standard InChI is InChI=1S/C16H14FNO5/c1-10(11-3-6-13(17)7-4-11)23-16(19)12-5-8-15(22-2)14(9-12)18(20)21/h3-10H,1-2H3. The van der Waals surface area contributed by atoms with E-state index in [1.165, 1.54) is 43.5 Å². The minimum Gasteiger partial charge on any atom is -0.490 e. The monoisotopic (exact) mass is 319 g/mol. The third-order valence-corrected chi connectivity index (χ3v) is 3.23. The molecule has 7 heteroatoms. The van der Waals surface area contributed by atoms with Gasteiger partial charge in [0.1, 0.15) is 11.9 Å². The molecular weight excluding hydrogens is 305 g/mol. The number of benzene rings is 2. The lowest BCUT2D eigenvalue weighted by Gasteiger charge is -2.14. The summed E-state index contributed by atoms with van der Waals surface area (Å²) in [5.41, 5.74) is 0.325. The Balaban J connectivity index is 2.18. The van der Waals surface area contributed by atoms with Crippen molar-refractivity contribution >= 4 is 11.7 Å². The number of methoxy groups -OCH3 is 1. The van der Waals surface area contributed by atoms with Crippen LogP contribution in [0.1, 0.15) is 28.9 Å². The minimum absolute atomic E-state index is 0.0338. The number of halogens is 1. The first-order valence-corrected chi connectivity index (χ1v) is 6.71. The summed E-state index contributed by atoms with van der Waals surface area (Å²) < 4.78 is 23.0. The highest BCUT2D eigenvalue weighted by molar-refractivity contribution is 5.90. The number of rotatable bonds is 5. The molecule has 0 bridgehead atoms. The van der Waals surface area contributed by atoms with E-state index >= 15 is 0 Å². The Morgan fingerprint density at radius 3 is 2.43 bits per heavy atom. The van der Waals surface area contributed by atoms with Crippen molar-refractivity contribution in [1.29, 1.82) is 0 Å². The van der Waals surface area contributed by atoms with Crippen molar-refractivity contribution in [1.82, 2.24) is 0 Å². The van der Waals surface area contributed by atoms with E-state index in [0.29, 0.717) is 5.56 Å². The molecule has 0 aliphatic rings. The van der Waals surface area contributed by atoms with Gasteiger partial charge in [0.15, 0.2) is 5.75 Å². The van der Waals surface area contributed by atoms with Gasteiger partial charge in [-0.1, -0.05) is 12.1 Å². The Bertz CT molecular complexity index is 730. The first-order chi connectivity index (χ1) is 10.9. The van der Waals surface area contributed by atoms with Crippen LogP contribution in [-0.2, 0) is 4.74 Å². The number of ether oxygens (including phenoxy) is 2. The molecule has 0 amide bonds. The van der Waals surface area contributed by atoms with E-state index in [0.717, 1.165) is 6.07 Å². The zero-order valence-electron chi connectivity index (χ0n) is 12.5. The highest BCUT2D eigenvalue weighted by Gasteiger charge is 2.20. The smallest absolute Gasteiger partial charge is 0.338 e. The summed E-state index contributed by atoms with van der Waals surface area (Å²) in [5, 5.41) is 11.0. The van der Waals surface area contributed by atoms with Crippen LogP contribution in [0.2, 0.25) is 0 Å². The predicted octanol–water partition coefficient (Wildman–Crippen LogP) is 3.66. The summed E-state index contributed by atoms with van der Waals surface area (Å²) in [4.78, 5) is 22.4. The van der Waals surface area contributed by atoms with Gasteiger partial charge in [0.25, 0.3) is 0 Å². The molecule has 2 aromatic carbocycles. The quantitative estimate of drug-likeness (QED) is 0.477. The second kappa shape index (κ2) is 6.87. The number of esters is 1. The largest absolute Gasteiger partial charge is 0.490 e. The van der Waals surface area contributed by atoms with Crippen molar-refractivity contribution in [3.05, 3.63) is 69.5 Å². The van der Waals surface area contributed by atoms with Crippen LogP contribution in [0.25, 0.3) is 0 Å². The molecule has 0 heterocycles. The summed E-state index contributed by atoms with van der Waals surface area (Å²) in [6, 6.07) is 9.34. The van der Waals surface area contributed by atoms with E-state index in [4.69, 9.17) is 9.47 Å². The molecule has 0 aliphatic carbocycles. The number of carbonyl (C=O) groups is 1. The van der Waals surface area contributed by atoms with Gasteiger partial charge in [-0.25, -0.2) is 9.18 Å². The molecule has 1 unspecified atom stereocenters. The van der Waals surface area contributed by atoms with Crippen molar-refractivity contribution in [3.63, 3.8) is 0 Å². The average Bonchev–Trinajstić information content (AvgIpc) is 2.54. The van der Waals surface area contributed by atoms with Crippen molar-refractivity contribution < 1.29 is 23.6 Å². The molecular formula is C16H14FNO5. The van der Waals surface area contributed by atoms with Crippen LogP contribution in [0, 0.1) is 15.9 Å². The van der Waals surface area contributed by atoms with Crippen LogP contribution in [0.5, 0.6) is 5.75 Å². The lowest BCUT2D eigenvalue weighted by atomic mass is 10.1. The molecule has 6 nitrogen and oxygen atoms in total. The highest BCUT2D eigenvalue weighted by atomic mass is 19.1. The molecule has 0 spiro atoms. The maximum atomic E-state index is 12.9. The van der Waals surface area contributed by atoms with Gasteiger partial charge in [0.05, 0.1) is 17.6 Å². The zero-order valence-corrected chi connectivity index (χ0v) is 12.5. The second-order valence-corrected chi connectivity index (χ2v) is 4.74. The minimum atomic E-state index is -0.715. The first-order valence-electron chi connectivity index (χ1n) is 6.71. The fourth-order valence-electron chi connectivity index (χ4n) is 1.99. The lowest BCUT2D eigenvalue weighted by molar-refractivity contribution is -0.385. The van der Waals surface area contributed by atoms with Crippen molar-refractivity contribution in [2.24, 2.45) is 0 Å². The van der Waals surface area contributed by atoms with Crippen LogP contribution in [0.3, 0.4) is 0 Å². The van der Waals surface area contributed by atoms with Crippen LogP contribution in [0.15, 0.2) is 42.5 Å². The Morgan fingerprint density at radius 2 is 1.87 bits per heavy atom. The fraction of sp³-hybridized carbons (Fsp3) is 0.188. The number of nitro groups is 1. The summed E-state index contributed by atoms with van der Waals surface area (Å²) >= 11 is 0. The van der Waals surface area contributed by atoms with E-state index in [2.05, 4.69) is 0 Å². The zero-order chi connectivity index (χ0) is 17.0. The van der Waals surface area contributed by atoms with E-state index in [1.54, 1.807) is 6.92 Å². The van der Waals surface area contributed by atoms with Crippen molar-refractivity contribution in [2.45, 2.75) is 13.0 Å². The molecule has 0 radical (unpaired) electrons. The lowest BCUT2D eigenvalue weighted by Crippen LogP contribution is -2.10. The molecule has 0 N–H and O–H groups in total. The third-order valence-electron chi connectivity index (χ3n) is 3.23. The Labute approximate surface area is 131 Å². The Hall–Kier alpha value is -2.96. The van der Waals surface area contributed by atoms with E-state index in [9.17, 15) is 19.3 Å². The fourth-order valence-corrected chi connectivity index (χ4v) is 1.99. The molecule has 0 saturated heterocycles. The van der Waals surface area contributed by atoms with E-state index in [1.807, 2.05) is 0 Å². The van der Waals surface area contributed by atoms with Crippen LogP contribution < -0.4 is 4.74 Å².